The topological polar surface area (TPSA) is 53.1 Å². The van der Waals surface area contributed by atoms with Crippen LogP contribution in [0.5, 0.6) is 5.75 Å². The Labute approximate surface area is 118 Å². The summed E-state index contributed by atoms with van der Waals surface area (Å²) in [6.45, 7) is 7.22. The molecule has 0 saturated carbocycles. The summed E-state index contributed by atoms with van der Waals surface area (Å²) in [5.74, 6) is 0.768. The average molecular weight is 279 g/mol. The molecule has 0 radical (unpaired) electrons. The van der Waals surface area contributed by atoms with Gasteiger partial charge in [-0.1, -0.05) is 6.92 Å². The highest BCUT2D eigenvalue weighted by molar-refractivity contribution is 7.12. The fourth-order valence-corrected chi connectivity index (χ4v) is 3.18. The van der Waals surface area contributed by atoms with Gasteiger partial charge in [-0.3, -0.25) is 4.68 Å². The van der Waals surface area contributed by atoms with Crippen molar-refractivity contribution in [2.24, 2.45) is 5.73 Å². The van der Waals surface area contributed by atoms with Gasteiger partial charge in [-0.25, -0.2) is 0 Å². The van der Waals surface area contributed by atoms with Gasteiger partial charge in [-0.2, -0.15) is 5.10 Å². The van der Waals surface area contributed by atoms with Gasteiger partial charge in [0.05, 0.1) is 19.3 Å². The number of ether oxygens (including phenoxy) is 1. The molecule has 0 aliphatic carbocycles. The van der Waals surface area contributed by atoms with E-state index in [0.29, 0.717) is 0 Å². The van der Waals surface area contributed by atoms with Gasteiger partial charge in [0.25, 0.3) is 0 Å². The minimum absolute atomic E-state index is 0.179. The molecule has 0 aliphatic rings. The molecule has 0 amide bonds. The molecule has 2 aromatic heterocycles. The molecule has 104 valence electrons. The zero-order valence-electron chi connectivity index (χ0n) is 11.9. The molecule has 0 aliphatic heterocycles. The fraction of sp³-hybridized carbons (Fsp3) is 0.500. The number of methoxy groups -OCH3 is 1. The second-order valence-corrected chi connectivity index (χ2v) is 5.97. The zero-order chi connectivity index (χ0) is 14.0. The number of rotatable bonds is 5. The third-order valence-corrected chi connectivity index (χ3v) is 4.52. The van der Waals surface area contributed by atoms with Crippen molar-refractivity contribution >= 4 is 11.3 Å². The summed E-state index contributed by atoms with van der Waals surface area (Å²) in [5, 5.41) is 4.37. The van der Waals surface area contributed by atoms with E-state index in [9.17, 15) is 0 Å². The lowest BCUT2D eigenvalue weighted by molar-refractivity contribution is 0.404. The van der Waals surface area contributed by atoms with Gasteiger partial charge in [0.2, 0.25) is 0 Å². The maximum absolute atomic E-state index is 6.42. The van der Waals surface area contributed by atoms with Crippen LogP contribution in [0.4, 0.5) is 0 Å². The number of hydrogen-bond donors (Lipinski definition) is 1. The maximum atomic E-state index is 6.42. The van der Waals surface area contributed by atoms with Crippen LogP contribution in [-0.2, 0) is 6.54 Å². The van der Waals surface area contributed by atoms with Crippen molar-refractivity contribution in [3.8, 4) is 5.75 Å². The Balaban J connectivity index is 2.41. The van der Waals surface area contributed by atoms with E-state index in [1.165, 1.54) is 10.4 Å². The van der Waals surface area contributed by atoms with E-state index in [1.807, 2.05) is 4.68 Å². The number of nitrogens with zero attached hydrogens (tertiary/aromatic N) is 2. The van der Waals surface area contributed by atoms with E-state index >= 15 is 0 Å². The van der Waals surface area contributed by atoms with Gasteiger partial charge in [0.1, 0.15) is 5.69 Å². The normalized spacial score (nSPS) is 12.7. The van der Waals surface area contributed by atoms with Crippen molar-refractivity contribution in [1.29, 1.82) is 0 Å². The summed E-state index contributed by atoms with van der Waals surface area (Å²) >= 11 is 1.75. The predicted octanol–water partition coefficient (Wildman–Crippen LogP) is 3.03. The number of thiophene rings is 1. The predicted molar refractivity (Wildman–Crippen MR) is 78.9 cm³/mol. The molecule has 2 heterocycles. The molecule has 2 rings (SSSR count). The van der Waals surface area contributed by atoms with E-state index < -0.39 is 0 Å². The van der Waals surface area contributed by atoms with Crippen molar-refractivity contribution in [3.63, 3.8) is 0 Å². The first-order valence-electron chi connectivity index (χ1n) is 6.50. The lowest BCUT2D eigenvalue weighted by Crippen LogP contribution is -2.17. The minimum Gasteiger partial charge on any atom is -0.493 e. The second-order valence-electron chi connectivity index (χ2n) is 4.69. The average Bonchev–Trinajstić information content (AvgIpc) is 2.94. The van der Waals surface area contributed by atoms with Crippen LogP contribution in [0.25, 0.3) is 0 Å². The molecule has 19 heavy (non-hydrogen) atoms. The van der Waals surface area contributed by atoms with Crippen molar-refractivity contribution in [2.45, 2.75) is 39.8 Å². The highest BCUT2D eigenvalue weighted by atomic mass is 32.1. The standard InChI is InChI=1S/C14H21N3OS/c1-5-6-17-14(11(18-4)8-16-17)13(15)12-7-9(2)10(3)19-12/h7-8,13H,5-6,15H2,1-4H3. The van der Waals surface area contributed by atoms with Gasteiger partial charge in [-0.15, -0.1) is 11.3 Å². The fourth-order valence-electron chi connectivity index (χ4n) is 2.13. The molecule has 0 spiro atoms. The molecule has 1 atom stereocenters. The van der Waals surface area contributed by atoms with E-state index in [4.69, 9.17) is 10.5 Å². The summed E-state index contributed by atoms with van der Waals surface area (Å²) in [7, 11) is 1.66. The van der Waals surface area contributed by atoms with Gasteiger partial charge < -0.3 is 10.5 Å². The Morgan fingerprint density at radius 1 is 1.47 bits per heavy atom. The second kappa shape index (κ2) is 5.75. The van der Waals surface area contributed by atoms with E-state index in [2.05, 4.69) is 31.9 Å². The minimum atomic E-state index is -0.179. The molecule has 1 unspecified atom stereocenters. The van der Waals surface area contributed by atoms with Gasteiger partial charge in [0, 0.05) is 16.3 Å². The van der Waals surface area contributed by atoms with Crippen LogP contribution in [-0.4, -0.2) is 16.9 Å². The lowest BCUT2D eigenvalue weighted by Gasteiger charge is -2.14. The largest absolute Gasteiger partial charge is 0.493 e. The molecule has 0 aromatic carbocycles. The third-order valence-electron chi connectivity index (χ3n) is 3.29. The number of aromatic nitrogens is 2. The van der Waals surface area contributed by atoms with Crippen LogP contribution >= 0.6 is 11.3 Å². The summed E-state index contributed by atoms with van der Waals surface area (Å²) < 4.78 is 7.35. The Kier molecular flexibility index (Phi) is 4.27. The molecule has 0 saturated heterocycles. The number of hydrogen-bond acceptors (Lipinski definition) is 4. The third kappa shape index (κ3) is 2.67. The molecule has 0 bridgehead atoms. The molecule has 2 aromatic rings. The molecular weight excluding hydrogens is 258 g/mol. The van der Waals surface area contributed by atoms with Crippen LogP contribution in [0.3, 0.4) is 0 Å². The lowest BCUT2D eigenvalue weighted by atomic mass is 10.1. The summed E-state index contributed by atoms with van der Waals surface area (Å²) in [4.78, 5) is 2.47. The van der Waals surface area contributed by atoms with Crippen molar-refractivity contribution < 1.29 is 4.74 Å². The zero-order valence-corrected chi connectivity index (χ0v) is 12.8. The van der Waals surface area contributed by atoms with Crippen LogP contribution in [0.15, 0.2) is 12.3 Å². The van der Waals surface area contributed by atoms with Gasteiger partial charge in [-0.05, 0) is 31.9 Å². The monoisotopic (exact) mass is 279 g/mol. The molecule has 2 N–H and O–H groups in total. The van der Waals surface area contributed by atoms with Crippen molar-refractivity contribution in [1.82, 2.24) is 9.78 Å². The number of aryl methyl sites for hydroxylation is 3. The first-order valence-corrected chi connectivity index (χ1v) is 7.32. The Morgan fingerprint density at radius 2 is 2.21 bits per heavy atom. The highest BCUT2D eigenvalue weighted by Gasteiger charge is 2.21. The van der Waals surface area contributed by atoms with Crippen LogP contribution in [0.2, 0.25) is 0 Å². The molecular formula is C14H21N3OS. The van der Waals surface area contributed by atoms with Crippen molar-refractivity contribution in [3.05, 3.63) is 33.3 Å². The summed E-state index contributed by atoms with van der Waals surface area (Å²) in [5.41, 5.74) is 8.67. The molecule has 4 nitrogen and oxygen atoms in total. The van der Waals surface area contributed by atoms with Crippen LogP contribution in [0.1, 0.15) is 40.4 Å². The van der Waals surface area contributed by atoms with E-state index in [-0.39, 0.29) is 6.04 Å². The van der Waals surface area contributed by atoms with E-state index in [1.54, 1.807) is 24.6 Å². The Bertz CT molecular complexity index is 540. The van der Waals surface area contributed by atoms with Gasteiger partial charge in [0.15, 0.2) is 5.75 Å². The summed E-state index contributed by atoms with van der Waals surface area (Å²) in [6.07, 6.45) is 2.77. The quantitative estimate of drug-likeness (QED) is 0.915. The highest BCUT2D eigenvalue weighted by Crippen LogP contribution is 2.33. The number of nitrogens with two attached hydrogens (primary N) is 1. The van der Waals surface area contributed by atoms with Crippen LogP contribution < -0.4 is 10.5 Å². The SMILES string of the molecule is CCCn1ncc(OC)c1C(N)c1cc(C)c(C)s1. The van der Waals surface area contributed by atoms with Crippen LogP contribution in [0, 0.1) is 13.8 Å². The van der Waals surface area contributed by atoms with Gasteiger partial charge >= 0.3 is 0 Å². The Morgan fingerprint density at radius 3 is 2.74 bits per heavy atom. The molecule has 5 heteroatoms. The first kappa shape index (κ1) is 14.1. The smallest absolute Gasteiger partial charge is 0.161 e. The summed E-state index contributed by atoms with van der Waals surface area (Å²) in [6, 6.07) is 1.98. The maximum Gasteiger partial charge on any atom is 0.161 e. The first-order chi connectivity index (χ1) is 9.08. The Hall–Kier alpha value is -1.33. The van der Waals surface area contributed by atoms with Crippen molar-refractivity contribution in [2.75, 3.05) is 7.11 Å². The van der Waals surface area contributed by atoms with E-state index in [0.717, 1.165) is 29.3 Å². The molecule has 0 fully saturated rings.